The normalized spacial score (nSPS) is 15.6. The van der Waals surface area contributed by atoms with Crippen LogP contribution in [0.3, 0.4) is 0 Å². The molecule has 0 atom stereocenters. The summed E-state index contributed by atoms with van der Waals surface area (Å²) < 4.78 is 20.9. The zero-order valence-electron chi connectivity index (χ0n) is 14.8. The van der Waals surface area contributed by atoms with E-state index >= 15 is 0 Å². The van der Waals surface area contributed by atoms with Gasteiger partial charge in [0, 0.05) is 32.2 Å². The van der Waals surface area contributed by atoms with Gasteiger partial charge in [0.1, 0.15) is 17.2 Å². The number of fused-ring (bicyclic) bond motifs is 2. The molecule has 1 aliphatic heterocycles. The van der Waals surface area contributed by atoms with Gasteiger partial charge in [0.15, 0.2) is 17.1 Å². The van der Waals surface area contributed by atoms with Gasteiger partial charge in [0.05, 0.1) is 0 Å². The minimum Gasteiger partial charge on any atom is -0.423 e. The van der Waals surface area contributed by atoms with Crippen LogP contribution in [-0.4, -0.2) is 51.0 Å². The highest BCUT2D eigenvalue weighted by Gasteiger charge is 2.20. The Morgan fingerprint density at radius 2 is 1.85 bits per heavy atom. The van der Waals surface area contributed by atoms with Crippen molar-refractivity contribution in [3.8, 4) is 0 Å². The molecule has 1 aromatic carbocycles. The van der Waals surface area contributed by atoms with E-state index in [0.717, 1.165) is 49.9 Å². The van der Waals surface area contributed by atoms with Crippen molar-refractivity contribution in [2.45, 2.75) is 13.3 Å². The zero-order chi connectivity index (χ0) is 18.4. The number of rotatable bonds is 2. The largest absolute Gasteiger partial charge is 0.423 e. The first kappa shape index (κ1) is 16.0. The second kappa shape index (κ2) is 6.19. The Bertz CT molecular complexity index is 1120. The molecular formula is C18H18FN7O. The van der Waals surface area contributed by atoms with Crippen LogP contribution in [-0.2, 0) is 0 Å². The lowest BCUT2D eigenvalue weighted by atomic mass is 10.3. The van der Waals surface area contributed by atoms with Crippen molar-refractivity contribution in [3.05, 3.63) is 42.0 Å². The number of hydrogen-bond donors (Lipinski definition) is 0. The Hall–Kier alpha value is -3.23. The van der Waals surface area contributed by atoms with Crippen molar-refractivity contribution >= 4 is 28.6 Å². The van der Waals surface area contributed by atoms with Crippen LogP contribution in [0, 0.1) is 12.7 Å². The van der Waals surface area contributed by atoms with Crippen LogP contribution in [0.4, 0.5) is 16.2 Å². The predicted octanol–water partition coefficient (Wildman–Crippen LogP) is 2.43. The number of halogens is 1. The summed E-state index contributed by atoms with van der Waals surface area (Å²) in [4.78, 5) is 8.84. The van der Waals surface area contributed by atoms with Gasteiger partial charge in [-0.15, -0.1) is 15.3 Å². The molecule has 3 aromatic heterocycles. The number of aromatic nitrogens is 5. The first-order chi connectivity index (χ1) is 13.2. The standard InChI is InChI=1S/C18H18FN7O/c1-12-21-22-16-5-6-17(23-26(12)16)24-7-2-8-25(10-9-24)18-20-14-4-3-13(19)11-15(14)27-18/h3-6,11H,2,7-10H2,1H3. The second-order valence-corrected chi connectivity index (χ2v) is 6.64. The first-order valence-corrected chi connectivity index (χ1v) is 8.92. The minimum atomic E-state index is -0.321. The van der Waals surface area contributed by atoms with E-state index in [2.05, 4.69) is 30.1 Å². The van der Waals surface area contributed by atoms with Crippen LogP contribution in [0.2, 0.25) is 0 Å². The van der Waals surface area contributed by atoms with Crippen LogP contribution in [0.25, 0.3) is 16.7 Å². The second-order valence-electron chi connectivity index (χ2n) is 6.64. The topological polar surface area (TPSA) is 75.6 Å². The predicted molar refractivity (Wildman–Crippen MR) is 98.5 cm³/mol. The molecule has 0 unspecified atom stereocenters. The van der Waals surface area contributed by atoms with Crippen molar-refractivity contribution in [3.63, 3.8) is 0 Å². The van der Waals surface area contributed by atoms with E-state index in [1.54, 1.807) is 10.6 Å². The molecule has 4 heterocycles. The maximum Gasteiger partial charge on any atom is 0.298 e. The molecule has 5 rings (SSSR count). The summed E-state index contributed by atoms with van der Waals surface area (Å²) in [6.07, 6.45) is 0.938. The molecule has 0 amide bonds. The van der Waals surface area contributed by atoms with Gasteiger partial charge in [-0.3, -0.25) is 0 Å². The third kappa shape index (κ3) is 2.84. The average molecular weight is 367 g/mol. The fourth-order valence-electron chi connectivity index (χ4n) is 3.41. The number of anilines is 2. The summed E-state index contributed by atoms with van der Waals surface area (Å²) in [7, 11) is 0. The van der Waals surface area contributed by atoms with Crippen molar-refractivity contribution in [1.29, 1.82) is 0 Å². The number of aryl methyl sites for hydroxylation is 1. The number of hydrogen-bond acceptors (Lipinski definition) is 7. The van der Waals surface area contributed by atoms with Crippen molar-refractivity contribution in [1.82, 2.24) is 24.8 Å². The molecule has 8 nitrogen and oxygen atoms in total. The van der Waals surface area contributed by atoms with Gasteiger partial charge in [-0.25, -0.2) is 4.39 Å². The Labute approximate surface area is 154 Å². The van der Waals surface area contributed by atoms with Gasteiger partial charge in [-0.2, -0.15) is 9.50 Å². The Kier molecular flexibility index (Phi) is 3.66. The van der Waals surface area contributed by atoms with Crippen LogP contribution >= 0.6 is 0 Å². The van der Waals surface area contributed by atoms with Crippen LogP contribution in [0.1, 0.15) is 12.2 Å². The third-order valence-corrected chi connectivity index (χ3v) is 4.83. The molecule has 0 N–H and O–H groups in total. The van der Waals surface area contributed by atoms with Gasteiger partial charge in [-0.1, -0.05) is 0 Å². The summed E-state index contributed by atoms with van der Waals surface area (Å²) in [6, 6.07) is 8.85. The summed E-state index contributed by atoms with van der Waals surface area (Å²) in [5, 5.41) is 12.8. The zero-order valence-corrected chi connectivity index (χ0v) is 14.8. The summed E-state index contributed by atoms with van der Waals surface area (Å²) in [6.45, 7) is 5.12. The quantitative estimate of drug-likeness (QED) is 0.539. The van der Waals surface area contributed by atoms with E-state index in [1.807, 2.05) is 19.1 Å². The van der Waals surface area contributed by atoms with E-state index < -0.39 is 0 Å². The van der Waals surface area contributed by atoms with E-state index in [0.29, 0.717) is 17.1 Å². The van der Waals surface area contributed by atoms with E-state index in [9.17, 15) is 4.39 Å². The fourth-order valence-corrected chi connectivity index (χ4v) is 3.41. The molecule has 4 aromatic rings. The van der Waals surface area contributed by atoms with Gasteiger partial charge in [-0.05, 0) is 37.6 Å². The molecule has 0 spiro atoms. The lowest BCUT2D eigenvalue weighted by molar-refractivity contribution is 0.566. The van der Waals surface area contributed by atoms with Crippen LogP contribution < -0.4 is 9.80 Å². The monoisotopic (exact) mass is 367 g/mol. The van der Waals surface area contributed by atoms with E-state index in [-0.39, 0.29) is 5.82 Å². The van der Waals surface area contributed by atoms with Crippen molar-refractivity contribution < 1.29 is 8.81 Å². The summed E-state index contributed by atoms with van der Waals surface area (Å²) >= 11 is 0. The molecule has 1 saturated heterocycles. The Balaban J connectivity index is 1.37. The number of nitrogens with zero attached hydrogens (tertiary/aromatic N) is 7. The lowest BCUT2D eigenvalue weighted by Crippen LogP contribution is -2.31. The number of oxazole rings is 1. The maximum absolute atomic E-state index is 13.4. The molecule has 9 heteroatoms. The first-order valence-electron chi connectivity index (χ1n) is 8.92. The van der Waals surface area contributed by atoms with E-state index in [4.69, 9.17) is 4.42 Å². The van der Waals surface area contributed by atoms with Crippen molar-refractivity contribution in [2.24, 2.45) is 0 Å². The van der Waals surface area contributed by atoms with Gasteiger partial charge in [0.2, 0.25) is 0 Å². The molecular weight excluding hydrogens is 349 g/mol. The van der Waals surface area contributed by atoms with Crippen LogP contribution in [0.5, 0.6) is 0 Å². The maximum atomic E-state index is 13.4. The third-order valence-electron chi connectivity index (χ3n) is 4.83. The molecule has 0 radical (unpaired) electrons. The molecule has 1 aliphatic rings. The molecule has 138 valence electrons. The summed E-state index contributed by atoms with van der Waals surface area (Å²) in [5.41, 5.74) is 1.88. The molecule has 0 aliphatic carbocycles. The molecule has 0 saturated carbocycles. The van der Waals surface area contributed by atoms with Gasteiger partial charge in [0.25, 0.3) is 6.01 Å². The highest BCUT2D eigenvalue weighted by molar-refractivity contribution is 5.74. The minimum absolute atomic E-state index is 0.321. The molecule has 0 bridgehead atoms. The highest BCUT2D eigenvalue weighted by Crippen LogP contribution is 2.24. The molecule has 1 fully saturated rings. The van der Waals surface area contributed by atoms with Gasteiger partial charge >= 0.3 is 0 Å². The lowest BCUT2D eigenvalue weighted by Gasteiger charge is -2.21. The van der Waals surface area contributed by atoms with Crippen molar-refractivity contribution in [2.75, 3.05) is 36.0 Å². The fraction of sp³-hybridized carbons (Fsp3) is 0.333. The smallest absolute Gasteiger partial charge is 0.298 e. The Morgan fingerprint density at radius 3 is 2.78 bits per heavy atom. The SMILES string of the molecule is Cc1nnc2ccc(N3CCCN(c4nc5ccc(F)cc5o4)CC3)nn12. The van der Waals surface area contributed by atoms with E-state index in [1.165, 1.54) is 12.1 Å². The van der Waals surface area contributed by atoms with Gasteiger partial charge < -0.3 is 14.2 Å². The van der Waals surface area contributed by atoms with Crippen LogP contribution in [0.15, 0.2) is 34.7 Å². The number of benzene rings is 1. The molecule has 27 heavy (non-hydrogen) atoms. The highest BCUT2D eigenvalue weighted by atomic mass is 19.1. The average Bonchev–Trinajstić information content (AvgIpc) is 3.16. The Morgan fingerprint density at radius 1 is 1.00 bits per heavy atom. The summed E-state index contributed by atoms with van der Waals surface area (Å²) in [5.74, 6) is 1.34.